The average Bonchev–Trinajstić information content (AvgIpc) is 2.39. The number of carbonyl (C=O) groups is 1. The van der Waals surface area contributed by atoms with Crippen LogP contribution in [0.1, 0.15) is 29.9 Å². The van der Waals surface area contributed by atoms with Gasteiger partial charge in [-0.05, 0) is 38.1 Å². The molecular weight excluding hydrogens is 240 g/mol. The van der Waals surface area contributed by atoms with Crippen LogP contribution in [0.5, 0.6) is 5.75 Å². The van der Waals surface area contributed by atoms with Gasteiger partial charge in [-0.25, -0.2) is 0 Å². The van der Waals surface area contributed by atoms with E-state index in [0.717, 1.165) is 0 Å². The molecule has 4 heteroatoms. The maximum absolute atomic E-state index is 12.4. The lowest BCUT2D eigenvalue weighted by molar-refractivity contribution is 0.102. The number of anilines is 1. The molecule has 1 aromatic heterocycles. The number of carbonyl (C=O) groups excluding carboxylic acids is 1. The van der Waals surface area contributed by atoms with Crippen molar-refractivity contribution < 1.29 is 9.53 Å². The van der Waals surface area contributed by atoms with Gasteiger partial charge in [-0.3, -0.25) is 9.78 Å². The number of para-hydroxylation sites is 1. The van der Waals surface area contributed by atoms with Crippen LogP contribution in [0.15, 0.2) is 42.6 Å². The number of ketones is 1. The van der Waals surface area contributed by atoms with Crippen molar-refractivity contribution in [2.45, 2.75) is 20.0 Å². The van der Waals surface area contributed by atoms with Gasteiger partial charge in [0.25, 0.3) is 0 Å². The molecule has 0 unspecified atom stereocenters. The molecule has 1 aromatic carbocycles. The Hall–Kier alpha value is -2.36. The van der Waals surface area contributed by atoms with Gasteiger partial charge in [0.1, 0.15) is 11.4 Å². The molecule has 0 amide bonds. The number of nitrogens with zero attached hydrogens (tertiary/aromatic N) is 1. The third kappa shape index (κ3) is 3.10. The highest BCUT2D eigenvalue weighted by atomic mass is 16.5. The summed E-state index contributed by atoms with van der Waals surface area (Å²) in [5.74, 6) is 0.400. The molecule has 0 saturated carbocycles. The second-order valence-electron chi connectivity index (χ2n) is 4.47. The Morgan fingerprint density at radius 3 is 2.58 bits per heavy atom. The van der Waals surface area contributed by atoms with Crippen molar-refractivity contribution in [2.24, 2.45) is 0 Å². The standard InChI is InChI=1S/C15H16N2O2/c1-10(2)19-14-6-4-3-5-12(14)15(18)13-8-7-11(16)9-17-13/h3-10H,16H2,1-2H3. The number of ether oxygens (including phenoxy) is 1. The van der Waals surface area contributed by atoms with E-state index in [1.807, 2.05) is 19.9 Å². The molecule has 0 aliphatic rings. The third-order valence-electron chi connectivity index (χ3n) is 2.51. The normalized spacial score (nSPS) is 10.5. The van der Waals surface area contributed by atoms with Gasteiger partial charge >= 0.3 is 0 Å². The van der Waals surface area contributed by atoms with Crippen LogP contribution in [-0.4, -0.2) is 16.9 Å². The molecule has 0 fully saturated rings. The molecule has 0 atom stereocenters. The van der Waals surface area contributed by atoms with E-state index >= 15 is 0 Å². The van der Waals surface area contributed by atoms with Crippen molar-refractivity contribution in [2.75, 3.05) is 5.73 Å². The number of nitrogen functional groups attached to an aromatic ring is 1. The number of hydrogen-bond donors (Lipinski definition) is 1. The summed E-state index contributed by atoms with van der Waals surface area (Å²) >= 11 is 0. The lowest BCUT2D eigenvalue weighted by atomic mass is 10.1. The topological polar surface area (TPSA) is 65.2 Å². The molecule has 0 aliphatic heterocycles. The van der Waals surface area contributed by atoms with E-state index in [1.165, 1.54) is 6.20 Å². The molecule has 98 valence electrons. The molecule has 0 bridgehead atoms. The predicted octanol–water partition coefficient (Wildman–Crippen LogP) is 2.68. The van der Waals surface area contributed by atoms with Crippen LogP contribution in [-0.2, 0) is 0 Å². The van der Waals surface area contributed by atoms with Gasteiger partial charge in [-0.15, -0.1) is 0 Å². The first-order valence-corrected chi connectivity index (χ1v) is 6.10. The van der Waals surface area contributed by atoms with Gasteiger partial charge in [0.05, 0.1) is 23.6 Å². The minimum Gasteiger partial charge on any atom is -0.490 e. The SMILES string of the molecule is CC(C)Oc1ccccc1C(=O)c1ccc(N)cn1. The van der Waals surface area contributed by atoms with Crippen LogP contribution >= 0.6 is 0 Å². The molecule has 0 saturated heterocycles. The quantitative estimate of drug-likeness (QED) is 0.854. The van der Waals surface area contributed by atoms with Gasteiger partial charge in [0.15, 0.2) is 0 Å². The largest absolute Gasteiger partial charge is 0.490 e. The maximum atomic E-state index is 12.4. The van der Waals surface area contributed by atoms with Crippen molar-refractivity contribution in [1.82, 2.24) is 4.98 Å². The molecule has 19 heavy (non-hydrogen) atoms. The summed E-state index contributed by atoms with van der Waals surface area (Å²) in [7, 11) is 0. The Morgan fingerprint density at radius 1 is 1.21 bits per heavy atom. The molecule has 4 nitrogen and oxygen atoms in total. The van der Waals surface area contributed by atoms with E-state index < -0.39 is 0 Å². The summed E-state index contributed by atoms with van der Waals surface area (Å²) in [6, 6.07) is 10.4. The predicted molar refractivity (Wildman–Crippen MR) is 74.3 cm³/mol. The maximum Gasteiger partial charge on any atom is 0.215 e. The molecule has 2 rings (SSSR count). The lowest BCUT2D eigenvalue weighted by Gasteiger charge is -2.13. The molecule has 1 heterocycles. The minimum atomic E-state index is -0.170. The molecule has 0 spiro atoms. The van der Waals surface area contributed by atoms with E-state index in [2.05, 4.69) is 4.98 Å². The van der Waals surface area contributed by atoms with Crippen LogP contribution in [0.4, 0.5) is 5.69 Å². The van der Waals surface area contributed by atoms with Crippen LogP contribution in [0.2, 0.25) is 0 Å². The summed E-state index contributed by atoms with van der Waals surface area (Å²) in [4.78, 5) is 16.4. The number of nitrogens with two attached hydrogens (primary N) is 1. The highest BCUT2D eigenvalue weighted by Crippen LogP contribution is 2.22. The zero-order valence-electron chi connectivity index (χ0n) is 11.0. The smallest absolute Gasteiger partial charge is 0.215 e. The number of benzene rings is 1. The van der Waals surface area contributed by atoms with E-state index in [0.29, 0.717) is 22.7 Å². The summed E-state index contributed by atoms with van der Waals surface area (Å²) in [5.41, 5.74) is 6.96. The fourth-order valence-corrected chi connectivity index (χ4v) is 1.69. The summed E-state index contributed by atoms with van der Waals surface area (Å²) in [6.45, 7) is 3.84. The highest BCUT2D eigenvalue weighted by Gasteiger charge is 2.16. The Kier molecular flexibility index (Phi) is 3.80. The fourth-order valence-electron chi connectivity index (χ4n) is 1.69. The van der Waals surface area contributed by atoms with Crippen molar-refractivity contribution in [1.29, 1.82) is 0 Å². The van der Waals surface area contributed by atoms with E-state index in [1.54, 1.807) is 30.3 Å². The fraction of sp³-hybridized carbons (Fsp3) is 0.200. The highest BCUT2D eigenvalue weighted by molar-refractivity contribution is 6.09. The Morgan fingerprint density at radius 2 is 1.95 bits per heavy atom. The molecule has 0 radical (unpaired) electrons. The van der Waals surface area contributed by atoms with Gasteiger partial charge in [0, 0.05) is 0 Å². The molecule has 2 aromatic rings. The first-order chi connectivity index (χ1) is 9.08. The van der Waals surface area contributed by atoms with Crippen LogP contribution in [0.3, 0.4) is 0 Å². The van der Waals surface area contributed by atoms with Crippen molar-refractivity contribution in [3.8, 4) is 5.75 Å². The van der Waals surface area contributed by atoms with Crippen LogP contribution in [0.25, 0.3) is 0 Å². The number of hydrogen-bond acceptors (Lipinski definition) is 4. The lowest BCUT2D eigenvalue weighted by Crippen LogP contribution is -2.11. The zero-order valence-corrected chi connectivity index (χ0v) is 11.0. The Labute approximate surface area is 112 Å². The minimum absolute atomic E-state index is 0.00771. The molecule has 2 N–H and O–H groups in total. The first-order valence-electron chi connectivity index (χ1n) is 6.10. The van der Waals surface area contributed by atoms with E-state index in [4.69, 9.17) is 10.5 Å². The van der Waals surface area contributed by atoms with Gasteiger partial charge in [-0.1, -0.05) is 12.1 Å². The first kappa shape index (κ1) is 13.1. The van der Waals surface area contributed by atoms with Gasteiger partial charge < -0.3 is 10.5 Å². The van der Waals surface area contributed by atoms with Crippen molar-refractivity contribution in [3.05, 3.63) is 53.9 Å². The summed E-state index contributed by atoms with van der Waals surface area (Å²) < 4.78 is 5.64. The van der Waals surface area contributed by atoms with Gasteiger partial charge in [-0.2, -0.15) is 0 Å². The number of aromatic nitrogens is 1. The monoisotopic (exact) mass is 256 g/mol. The summed E-state index contributed by atoms with van der Waals surface area (Å²) in [5, 5.41) is 0. The number of rotatable bonds is 4. The van der Waals surface area contributed by atoms with E-state index in [-0.39, 0.29) is 11.9 Å². The van der Waals surface area contributed by atoms with E-state index in [9.17, 15) is 4.79 Å². The van der Waals surface area contributed by atoms with Gasteiger partial charge in [0.2, 0.25) is 5.78 Å². The zero-order chi connectivity index (χ0) is 13.8. The van der Waals surface area contributed by atoms with Crippen LogP contribution in [0, 0.1) is 0 Å². The average molecular weight is 256 g/mol. The van der Waals surface area contributed by atoms with Crippen molar-refractivity contribution in [3.63, 3.8) is 0 Å². The second kappa shape index (κ2) is 5.52. The van der Waals surface area contributed by atoms with Crippen molar-refractivity contribution >= 4 is 11.5 Å². The molecular formula is C15H16N2O2. The second-order valence-corrected chi connectivity index (χ2v) is 4.47. The van der Waals surface area contributed by atoms with Crippen LogP contribution < -0.4 is 10.5 Å². The molecule has 0 aliphatic carbocycles. The summed E-state index contributed by atoms with van der Waals surface area (Å²) in [6.07, 6.45) is 1.48. The Bertz CT molecular complexity index is 577. The third-order valence-corrected chi connectivity index (χ3v) is 2.51. The number of pyridine rings is 1. The Balaban J connectivity index is 2.35.